The fourth-order valence-corrected chi connectivity index (χ4v) is 4.69. The number of nitrogens with zero attached hydrogens (tertiary/aromatic N) is 6. The van der Waals surface area contributed by atoms with E-state index in [1.165, 1.54) is 11.1 Å². The van der Waals surface area contributed by atoms with Gasteiger partial charge in [-0.3, -0.25) is 4.98 Å². The molecule has 4 aromatic rings. The second-order valence-corrected chi connectivity index (χ2v) is 11.2. The van der Waals surface area contributed by atoms with Gasteiger partial charge >= 0.3 is 0 Å². The highest BCUT2D eigenvalue weighted by atomic mass is 16.5. The SMILES string of the molecule is Cc1ccc(C(C)(C)C)cc1Nc1nc(N2CCC(Oc3ccncc3)CC2)nc2ncn(C(C)C)c12. The Kier molecular flexibility index (Phi) is 6.75. The third-order valence-corrected chi connectivity index (χ3v) is 7.01. The smallest absolute Gasteiger partial charge is 0.229 e. The van der Waals surface area contributed by atoms with Gasteiger partial charge in [-0.15, -0.1) is 0 Å². The van der Waals surface area contributed by atoms with E-state index in [1.54, 1.807) is 12.4 Å². The minimum atomic E-state index is 0.0542. The first kappa shape index (κ1) is 25.0. The van der Waals surface area contributed by atoms with Crippen molar-refractivity contribution in [3.8, 4) is 5.75 Å². The number of aryl methyl sites for hydroxylation is 1. The Morgan fingerprint density at radius 1 is 1.03 bits per heavy atom. The number of nitrogens with one attached hydrogen (secondary N) is 1. The van der Waals surface area contributed by atoms with Gasteiger partial charge in [0.2, 0.25) is 5.95 Å². The molecular formula is C29H37N7O. The van der Waals surface area contributed by atoms with Gasteiger partial charge in [0.25, 0.3) is 0 Å². The number of anilines is 3. The molecule has 3 aromatic heterocycles. The van der Waals surface area contributed by atoms with Crippen molar-refractivity contribution in [1.82, 2.24) is 24.5 Å². The molecule has 1 aliphatic heterocycles. The fraction of sp³-hybridized carbons (Fsp3) is 0.448. The number of fused-ring (bicyclic) bond motifs is 1. The minimum absolute atomic E-state index is 0.0542. The predicted molar refractivity (Wildman–Crippen MR) is 149 cm³/mol. The van der Waals surface area contributed by atoms with Crippen LogP contribution in [0.2, 0.25) is 0 Å². The number of pyridine rings is 1. The highest BCUT2D eigenvalue weighted by Crippen LogP contribution is 2.33. The van der Waals surface area contributed by atoms with Gasteiger partial charge in [0, 0.05) is 50.1 Å². The summed E-state index contributed by atoms with van der Waals surface area (Å²) in [5.41, 5.74) is 5.19. The van der Waals surface area contributed by atoms with E-state index < -0.39 is 0 Å². The number of hydrogen-bond donors (Lipinski definition) is 1. The molecule has 1 saturated heterocycles. The van der Waals surface area contributed by atoms with Crippen molar-refractivity contribution in [3.63, 3.8) is 0 Å². The monoisotopic (exact) mass is 499 g/mol. The molecule has 1 aliphatic rings. The zero-order valence-electron chi connectivity index (χ0n) is 22.7. The molecule has 0 saturated carbocycles. The third kappa shape index (κ3) is 5.38. The Hall–Kier alpha value is -3.68. The molecule has 0 spiro atoms. The highest BCUT2D eigenvalue weighted by molar-refractivity contribution is 5.87. The molecule has 0 radical (unpaired) electrons. The lowest BCUT2D eigenvalue weighted by molar-refractivity contribution is 0.170. The summed E-state index contributed by atoms with van der Waals surface area (Å²) < 4.78 is 8.30. The molecule has 8 nitrogen and oxygen atoms in total. The molecule has 5 rings (SSSR count). The molecule has 1 N–H and O–H groups in total. The maximum Gasteiger partial charge on any atom is 0.229 e. The topological polar surface area (TPSA) is 81.0 Å². The van der Waals surface area contributed by atoms with Crippen molar-refractivity contribution in [1.29, 1.82) is 0 Å². The van der Waals surface area contributed by atoms with Gasteiger partial charge in [0.1, 0.15) is 17.4 Å². The van der Waals surface area contributed by atoms with E-state index in [0.717, 1.165) is 48.7 Å². The van der Waals surface area contributed by atoms with Crippen LogP contribution >= 0.6 is 0 Å². The summed E-state index contributed by atoms with van der Waals surface area (Å²) in [6.07, 6.45) is 7.36. The number of rotatable bonds is 6. The van der Waals surface area contributed by atoms with E-state index in [-0.39, 0.29) is 17.6 Å². The quantitative estimate of drug-likeness (QED) is 0.338. The van der Waals surface area contributed by atoms with Gasteiger partial charge in [-0.2, -0.15) is 9.97 Å². The van der Waals surface area contributed by atoms with Crippen molar-refractivity contribution in [3.05, 3.63) is 60.2 Å². The number of piperidine rings is 1. The van der Waals surface area contributed by atoms with Crippen molar-refractivity contribution in [2.45, 2.75) is 71.9 Å². The number of imidazole rings is 1. The van der Waals surface area contributed by atoms with E-state index in [9.17, 15) is 0 Å². The van der Waals surface area contributed by atoms with Crippen LogP contribution in [-0.4, -0.2) is 43.7 Å². The van der Waals surface area contributed by atoms with Gasteiger partial charge in [-0.1, -0.05) is 32.9 Å². The Balaban J connectivity index is 1.45. The lowest BCUT2D eigenvalue weighted by atomic mass is 9.86. The van der Waals surface area contributed by atoms with Crippen molar-refractivity contribution < 1.29 is 4.74 Å². The van der Waals surface area contributed by atoms with Crippen LogP contribution in [0, 0.1) is 6.92 Å². The number of benzene rings is 1. The number of ether oxygens (including phenoxy) is 1. The lowest BCUT2D eigenvalue weighted by Gasteiger charge is -2.32. The Labute approximate surface area is 219 Å². The number of hydrogen-bond acceptors (Lipinski definition) is 7. The van der Waals surface area contributed by atoms with E-state index in [0.29, 0.717) is 11.6 Å². The van der Waals surface area contributed by atoms with Crippen LogP contribution < -0.4 is 15.0 Å². The first-order valence-electron chi connectivity index (χ1n) is 13.1. The van der Waals surface area contributed by atoms with E-state index in [4.69, 9.17) is 14.7 Å². The summed E-state index contributed by atoms with van der Waals surface area (Å²) >= 11 is 0. The molecule has 194 valence electrons. The molecule has 0 amide bonds. The highest BCUT2D eigenvalue weighted by Gasteiger charge is 2.25. The summed E-state index contributed by atoms with van der Waals surface area (Å²) in [4.78, 5) is 20.9. The van der Waals surface area contributed by atoms with Crippen LogP contribution in [0.15, 0.2) is 49.1 Å². The van der Waals surface area contributed by atoms with E-state index >= 15 is 0 Å². The molecule has 4 heterocycles. The maximum absolute atomic E-state index is 6.16. The van der Waals surface area contributed by atoms with Crippen molar-refractivity contribution in [2.24, 2.45) is 0 Å². The number of aromatic nitrogens is 5. The zero-order chi connectivity index (χ0) is 26.2. The zero-order valence-corrected chi connectivity index (χ0v) is 22.7. The summed E-state index contributed by atoms with van der Waals surface area (Å²) in [6.45, 7) is 14.8. The second kappa shape index (κ2) is 10.00. The molecule has 1 aromatic carbocycles. The molecule has 8 heteroatoms. The normalized spacial score (nSPS) is 14.9. The van der Waals surface area contributed by atoms with Gasteiger partial charge < -0.3 is 19.5 Å². The van der Waals surface area contributed by atoms with Gasteiger partial charge in [0.05, 0.1) is 6.33 Å². The molecule has 1 fully saturated rings. The first-order valence-corrected chi connectivity index (χ1v) is 13.1. The summed E-state index contributed by atoms with van der Waals surface area (Å²) in [5.74, 6) is 2.36. The molecule has 0 bridgehead atoms. The molecule has 37 heavy (non-hydrogen) atoms. The average Bonchev–Trinajstić information content (AvgIpc) is 3.31. The molecule has 0 atom stereocenters. The van der Waals surface area contributed by atoms with Crippen LogP contribution in [0.1, 0.15) is 64.6 Å². The van der Waals surface area contributed by atoms with Crippen LogP contribution in [0.3, 0.4) is 0 Å². The van der Waals surface area contributed by atoms with Gasteiger partial charge in [0.15, 0.2) is 11.5 Å². The second-order valence-electron chi connectivity index (χ2n) is 11.2. The van der Waals surface area contributed by atoms with Crippen LogP contribution in [0.25, 0.3) is 11.2 Å². The Morgan fingerprint density at radius 3 is 2.43 bits per heavy atom. The summed E-state index contributed by atoms with van der Waals surface area (Å²) in [5, 5.41) is 3.66. The maximum atomic E-state index is 6.16. The first-order chi connectivity index (χ1) is 17.7. The average molecular weight is 500 g/mol. The minimum Gasteiger partial charge on any atom is -0.490 e. The summed E-state index contributed by atoms with van der Waals surface area (Å²) in [7, 11) is 0. The van der Waals surface area contributed by atoms with Crippen molar-refractivity contribution >= 4 is 28.6 Å². The van der Waals surface area contributed by atoms with Crippen LogP contribution in [-0.2, 0) is 5.41 Å². The molecular weight excluding hydrogens is 462 g/mol. The largest absolute Gasteiger partial charge is 0.490 e. The standard InChI is InChI=1S/C29H37N7O/c1-19(2)36-18-31-26-25(36)27(32-24-17-21(29(4,5)6)8-7-20(24)3)34-28(33-26)35-15-11-23(12-16-35)37-22-9-13-30-14-10-22/h7-10,13-14,17-19,23H,11-12,15-16H2,1-6H3,(H,32,33,34). The third-order valence-electron chi connectivity index (χ3n) is 7.01. The molecule has 0 unspecified atom stereocenters. The van der Waals surface area contributed by atoms with Crippen LogP contribution in [0.4, 0.5) is 17.5 Å². The summed E-state index contributed by atoms with van der Waals surface area (Å²) in [6, 6.07) is 10.7. The van der Waals surface area contributed by atoms with Gasteiger partial charge in [-0.25, -0.2) is 4.98 Å². The van der Waals surface area contributed by atoms with Crippen LogP contribution in [0.5, 0.6) is 5.75 Å². The van der Waals surface area contributed by atoms with Crippen molar-refractivity contribution in [2.75, 3.05) is 23.3 Å². The Bertz CT molecular complexity index is 1370. The fourth-order valence-electron chi connectivity index (χ4n) is 4.69. The molecule has 0 aliphatic carbocycles. The van der Waals surface area contributed by atoms with E-state index in [2.05, 4.69) is 84.5 Å². The Morgan fingerprint density at radius 2 is 1.76 bits per heavy atom. The predicted octanol–water partition coefficient (Wildman–Crippen LogP) is 6.20. The lowest BCUT2D eigenvalue weighted by Crippen LogP contribution is -2.39. The van der Waals surface area contributed by atoms with E-state index in [1.807, 2.05) is 18.5 Å². The van der Waals surface area contributed by atoms with Gasteiger partial charge in [-0.05, 0) is 55.5 Å².